The van der Waals surface area contributed by atoms with Gasteiger partial charge in [0.05, 0.1) is 18.2 Å². The number of nitrogens with zero attached hydrogens (tertiary/aromatic N) is 2. The number of imidazole rings is 1. The van der Waals surface area contributed by atoms with E-state index in [9.17, 15) is 9.18 Å². The molecule has 0 aromatic carbocycles. The molecule has 2 aliphatic heterocycles. The summed E-state index contributed by atoms with van der Waals surface area (Å²) in [5.41, 5.74) is 0. The van der Waals surface area contributed by atoms with Crippen LogP contribution in [0, 0.1) is 24.7 Å². The van der Waals surface area contributed by atoms with Crippen LogP contribution in [0.5, 0.6) is 0 Å². The van der Waals surface area contributed by atoms with Crippen molar-refractivity contribution in [3.8, 4) is 0 Å². The summed E-state index contributed by atoms with van der Waals surface area (Å²) in [7, 11) is 3.51. The van der Waals surface area contributed by atoms with E-state index in [1.807, 2.05) is 19.3 Å². The van der Waals surface area contributed by atoms with Crippen LogP contribution in [-0.4, -0.2) is 72.3 Å². The minimum atomic E-state index is -0.938. The zero-order valence-corrected chi connectivity index (χ0v) is 22.6. The molecule has 3 aliphatic rings. The maximum Gasteiger partial charge on any atom is 0.237 e. The van der Waals surface area contributed by atoms with Crippen LogP contribution >= 0.6 is 0 Å². The highest BCUT2D eigenvalue weighted by atomic mass is 19.1. The zero-order chi connectivity index (χ0) is 25.8. The zero-order valence-electron chi connectivity index (χ0n) is 22.6. The van der Waals surface area contributed by atoms with E-state index in [1.165, 1.54) is 0 Å². The van der Waals surface area contributed by atoms with Gasteiger partial charge in [0, 0.05) is 51.3 Å². The lowest BCUT2D eigenvalue weighted by Crippen LogP contribution is -2.60. The standard InChI is InChI=1S/C27H46FN5O3/c1-16(20-12-21(35-4)14-22(13-20)36-5)31-27(34)25-11-19(15-33-9-8-29-18(33)3)10-24(32-25)23-6-7-26(28)30-17(23)2/h8-9,16-17,19-26,30,32H,6-7,10-15H2,1-5H3,(H,31,34). The predicted molar refractivity (Wildman–Crippen MR) is 137 cm³/mol. The average molecular weight is 508 g/mol. The molecule has 2 saturated heterocycles. The van der Waals surface area contributed by atoms with Gasteiger partial charge in [-0.2, -0.15) is 0 Å². The highest BCUT2D eigenvalue weighted by Gasteiger charge is 2.41. The third-order valence-corrected chi connectivity index (χ3v) is 9.02. The van der Waals surface area contributed by atoms with Gasteiger partial charge in [-0.05, 0) is 83.5 Å². The molecule has 1 saturated carbocycles. The molecule has 3 N–H and O–H groups in total. The largest absolute Gasteiger partial charge is 0.381 e. The van der Waals surface area contributed by atoms with Crippen LogP contribution in [0.1, 0.15) is 64.6 Å². The van der Waals surface area contributed by atoms with Gasteiger partial charge in [-0.1, -0.05) is 0 Å². The molecule has 1 aliphatic carbocycles. The Morgan fingerprint density at radius 1 is 1.17 bits per heavy atom. The van der Waals surface area contributed by atoms with Crippen LogP contribution in [0.4, 0.5) is 4.39 Å². The number of ether oxygens (including phenoxy) is 2. The Bertz CT molecular complexity index is 841. The number of hydrogen-bond donors (Lipinski definition) is 3. The number of aromatic nitrogens is 2. The number of aryl methyl sites for hydroxylation is 1. The fraction of sp³-hybridized carbons (Fsp3) is 0.852. The molecule has 36 heavy (non-hydrogen) atoms. The topological polar surface area (TPSA) is 89.4 Å². The Kier molecular flexibility index (Phi) is 9.41. The predicted octanol–water partition coefficient (Wildman–Crippen LogP) is 2.95. The lowest BCUT2D eigenvalue weighted by molar-refractivity contribution is -0.126. The van der Waals surface area contributed by atoms with Crippen molar-refractivity contribution in [1.29, 1.82) is 0 Å². The number of amides is 1. The van der Waals surface area contributed by atoms with Crippen molar-refractivity contribution < 1.29 is 18.7 Å². The molecule has 8 nitrogen and oxygen atoms in total. The smallest absolute Gasteiger partial charge is 0.237 e. The van der Waals surface area contributed by atoms with E-state index in [-0.39, 0.29) is 42.3 Å². The van der Waals surface area contributed by atoms with Crippen molar-refractivity contribution in [1.82, 2.24) is 25.5 Å². The van der Waals surface area contributed by atoms with Gasteiger partial charge in [0.15, 0.2) is 6.30 Å². The van der Waals surface area contributed by atoms with Crippen molar-refractivity contribution >= 4 is 5.91 Å². The molecule has 1 aromatic rings. The molecule has 3 heterocycles. The second-order valence-electron chi connectivity index (χ2n) is 11.4. The summed E-state index contributed by atoms with van der Waals surface area (Å²) < 4.78 is 27.4. The van der Waals surface area contributed by atoms with Crippen molar-refractivity contribution in [3.05, 3.63) is 18.2 Å². The van der Waals surface area contributed by atoms with Gasteiger partial charge < -0.3 is 24.7 Å². The summed E-state index contributed by atoms with van der Waals surface area (Å²) in [4.78, 5) is 18.0. The Hall–Kier alpha value is -1.55. The molecule has 1 amide bonds. The van der Waals surface area contributed by atoms with Gasteiger partial charge in [0.2, 0.25) is 5.91 Å². The molecular weight excluding hydrogens is 461 g/mol. The number of piperidine rings is 2. The van der Waals surface area contributed by atoms with Crippen LogP contribution < -0.4 is 16.0 Å². The maximum absolute atomic E-state index is 14.0. The van der Waals surface area contributed by atoms with Crippen molar-refractivity contribution in [2.45, 2.75) is 115 Å². The quantitative estimate of drug-likeness (QED) is 0.469. The van der Waals surface area contributed by atoms with Crippen LogP contribution in [0.15, 0.2) is 12.4 Å². The van der Waals surface area contributed by atoms with Gasteiger partial charge in [-0.15, -0.1) is 0 Å². The number of halogens is 1. The monoisotopic (exact) mass is 507 g/mol. The molecule has 9 heteroatoms. The second kappa shape index (κ2) is 12.3. The molecule has 1 aromatic heterocycles. The molecule has 4 rings (SSSR count). The first-order valence-corrected chi connectivity index (χ1v) is 13.8. The van der Waals surface area contributed by atoms with E-state index in [2.05, 4.69) is 39.3 Å². The molecule has 0 spiro atoms. The van der Waals surface area contributed by atoms with E-state index < -0.39 is 6.30 Å². The summed E-state index contributed by atoms with van der Waals surface area (Å²) in [6.07, 6.45) is 9.08. The molecule has 9 atom stereocenters. The number of carbonyl (C=O) groups is 1. The third kappa shape index (κ3) is 6.65. The summed E-state index contributed by atoms with van der Waals surface area (Å²) in [6, 6.07) is 0.00316. The number of hydrogen-bond acceptors (Lipinski definition) is 6. The normalized spacial score (nSPS) is 38.4. The van der Waals surface area contributed by atoms with E-state index in [0.717, 1.165) is 50.9 Å². The van der Waals surface area contributed by atoms with E-state index in [0.29, 0.717) is 24.2 Å². The summed E-state index contributed by atoms with van der Waals surface area (Å²) >= 11 is 0. The van der Waals surface area contributed by atoms with Gasteiger partial charge in [0.25, 0.3) is 0 Å². The SMILES string of the molecule is COC1CC(OC)CC(C(C)NC(=O)C2CC(Cn3ccnc3C)CC(C3CCC(F)NC3C)N2)C1. The minimum Gasteiger partial charge on any atom is -0.381 e. The number of rotatable bonds is 8. The minimum absolute atomic E-state index is 0.0344. The fourth-order valence-electron chi connectivity index (χ4n) is 6.81. The second-order valence-corrected chi connectivity index (χ2v) is 11.4. The number of carbonyl (C=O) groups excluding carboxylic acids is 1. The van der Waals surface area contributed by atoms with Gasteiger partial charge in [0.1, 0.15) is 5.82 Å². The molecule has 9 unspecified atom stereocenters. The number of methoxy groups -OCH3 is 2. The van der Waals surface area contributed by atoms with E-state index in [1.54, 1.807) is 14.2 Å². The third-order valence-electron chi connectivity index (χ3n) is 9.02. The van der Waals surface area contributed by atoms with Crippen LogP contribution in [0.3, 0.4) is 0 Å². The van der Waals surface area contributed by atoms with E-state index in [4.69, 9.17) is 9.47 Å². The molecule has 3 fully saturated rings. The highest BCUT2D eigenvalue weighted by molar-refractivity contribution is 5.82. The number of alkyl halides is 1. The molecule has 204 valence electrons. The van der Waals surface area contributed by atoms with Crippen molar-refractivity contribution in [2.24, 2.45) is 17.8 Å². The van der Waals surface area contributed by atoms with Gasteiger partial charge >= 0.3 is 0 Å². The lowest BCUT2D eigenvalue weighted by atomic mass is 9.76. The van der Waals surface area contributed by atoms with Crippen molar-refractivity contribution in [2.75, 3.05) is 14.2 Å². The Balaban J connectivity index is 1.44. The summed E-state index contributed by atoms with van der Waals surface area (Å²) in [5.74, 6) is 2.00. The summed E-state index contributed by atoms with van der Waals surface area (Å²) in [5, 5.41) is 10.1. The first kappa shape index (κ1) is 27.5. The first-order valence-electron chi connectivity index (χ1n) is 13.8. The highest BCUT2D eigenvalue weighted by Crippen LogP contribution is 2.33. The van der Waals surface area contributed by atoms with Gasteiger partial charge in [-0.25, -0.2) is 9.37 Å². The van der Waals surface area contributed by atoms with E-state index >= 15 is 0 Å². The van der Waals surface area contributed by atoms with Crippen LogP contribution in [-0.2, 0) is 20.8 Å². The van der Waals surface area contributed by atoms with Crippen LogP contribution in [0.2, 0.25) is 0 Å². The number of nitrogens with one attached hydrogen (secondary N) is 3. The Morgan fingerprint density at radius 2 is 1.89 bits per heavy atom. The van der Waals surface area contributed by atoms with Crippen LogP contribution in [0.25, 0.3) is 0 Å². The van der Waals surface area contributed by atoms with Gasteiger partial charge in [-0.3, -0.25) is 10.1 Å². The molecule has 0 bridgehead atoms. The van der Waals surface area contributed by atoms with Crippen molar-refractivity contribution in [3.63, 3.8) is 0 Å². The summed E-state index contributed by atoms with van der Waals surface area (Å²) in [6.45, 7) is 7.04. The Labute approximate surface area is 215 Å². The fourth-order valence-corrected chi connectivity index (χ4v) is 6.81. The molecular formula is C27H46FN5O3. The maximum atomic E-state index is 14.0. The average Bonchev–Trinajstić information content (AvgIpc) is 3.27. The lowest BCUT2D eigenvalue weighted by Gasteiger charge is -2.44. The Morgan fingerprint density at radius 3 is 2.50 bits per heavy atom. The molecule has 0 radical (unpaired) electrons. The first-order chi connectivity index (χ1) is 17.3.